The molecule has 0 atom stereocenters. The Labute approximate surface area is 126 Å². The van der Waals surface area contributed by atoms with Crippen LogP contribution in [0, 0.1) is 0 Å². The van der Waals surface area contributed by atoms with Crippen LogP contribution in [0.5, 0.6) is 5.75 Å². The van der Waals surface area contributed by atoms with Gasteiger partial charge in [0.1, 0.15) is 22.1 Å². The summed E-state index contributed by atoms with van der Waals surface area (Å²) in [6.45, 7) is 0.196. The third kappa shape index (κ3) is 4.03. The summed E-state index contributed by atoms with van der Waals surface area (Å²) in [7, 11) is -3.85. The molecule has 0 fully saturated rings. The SMILES string of the molecule is O=C(O)c1sccc1S(=O)(=O)NCCOc1ccccc1. The molecule has 2 aromatic rings. The second-order valence-corrected chi connectivity index (χ2v) is 6.63. The van der Waals surface area contributed by atoms with Crippen molar-refractivity contribution >= 4 is 27.3 Å². The Bertz CT molecular complexity index is 709. The molecule has 0 aliphatic heterocycles. The molecular formula is C13H13NO5S2. The molecule has 1 aromatic carbocycles. The molecule has 0 bridgehead atoms. The molecule has 6 nitrogen and oxygen atoms in total. The Hall–Kier alpha value is -1.90. The van der Waals surface area contributed by atoms with Crippen molar-refractivity contribution in [3.05, 3.63) is 46.7 Å². The lowest BCUT2D eigenvalue weighted by Crippen LogP contribution is -2.29. The van der Waals surface area contributed by atoms with Gasteiger partial charge in [-0.15, -0.1) is 11.3 Å². The molecule has 112 valence electrons. The summed E-state index contributed by atoms with van der Waals surface area (Å²) in [6.07, 6.45) is 0. The van der Waals surface area contributed by atoms with Crippen LogP contribution in [-0.2, 0) is 10.0 Å². The summed E-state index contributed by atoms with van der Waals surface area (Å²) >= 11 is 0.871. The number of hydrogen-bond acceptors (Lipinski definition) is 5. The van der Waals surface area contributed by atoms with Gasteiger partial charge in [-0.25, -0.2) is 17.9 Å². The zero-order chi connectivity index (χ0) is 15.3. The number of rotatable bonds is 7. The molecule has 0 spiro atoms. The molecule has 0 saturated carbocycles. The van der Waals surface area contributed by atoms with E-state index >= 15 is 0 Å². The number of aromatic carboxylic acids is 1. The minimum atomic E-state index is -3.85. The number of thiophene rings is 1. The molecule has 1 heterocycles. The normalized spacial score (nSPS) is 11.2. The molecule has 8 heteroatoms. The first-order valence-corrected chi connectivity index (χ1v) is 8.35. The van der Waals surface area contributed by atoms with E-state index in [1.807, 2.05) is 18.2 Å². The van der Waals surface area contributed by atoms with Crippen LogP contribution in [-0.4, -0.2) is 32.6 Å². The number of nitrogens with one attached hydrogen (secondary N) is 1. The van der Waals surface area contributed by atoms with Crippen LogP contribution in [0.4, 0.5) is 0 Å². The van der Waals surface area contributed by atoms with E-state index < -0.39 is 16.0 Å². The molecule has 2 rings (SSSR count). The molecule has 0 amide bonds. The molecule has 1 aromatic heterocycles. The summed E-state index contributed by atoms with van der Waals surface area (Å²) in [6, 6.07) is 10.3. The van der Waals surface area contributed by atoms with Crippen molar-refractivity contribution < 1.29 is 23.1 Å². The Morgan fingerprint density at radius 3 is 2.62 bits per heavy atom. The largest absolute Gasteiger partial charge is 0.492 e. The zero-order valence-corrected chi connectivity index (χ0v) is 12.5. The highest BCUT2D eigenvalue weighted by Crippen LogP contribution is 2.21. The molecule has 0 aliphatic carbocycles. The quantitative estimate of drug-likeness (QED) is 0.757. The topological polar surface area (TPSA) is 92.7 Å². The molecule has 0 saturated heterocycles. The van der Waals surface area contributed by atoms with Crippen molar-refractivity contribution in [3.63, 3.8) is 0 Å². The van der Waals surface area contributed by atoms with Crippen molar-refractivity contribution in [2.24, 2.45) is 0 Å². The van der Waals surface area contributed by atoms with Crippen LogP contribution >= 0.6 is 11.3 Å². The van der Waals surface area contributed by atoms with Gasteiger partial charge in [-0.05, 0) is 23.6 Å². The standard InChI is InChI=1S/C13H13NO5S2/c15-13(16)12-11(6-9-20-12)21(17,18)14-7-8-19-10-4-2-1-3-5-10/h1-6,9,14H,7-8H2,(H,15,16). The lowest BCUT2D eigenvalue weighted by molar-refractivity contribution is 0.0698. The average Bonchev–Trinajstić information content (AvgIpc) is 2.95. The van der Waals surface area contributed by atoms with Gasteiger partial charge in [-0.2, -0.15) is 0 Å². The van der Waals surface area contributed by atoms with Gasteiger partial charge in [0.2, 0.25) is 10.0 Å². The Morgan fingerprint density at radius 2 is 1.95 bits per heavy atom. The molecule has 0 radical (unpaired) electrons. The average molecular weight is 327 g/mol. The van der Waals surface area contributed by atoms with E-state index in [9.17, 15) is 13.2 Å². The van der Waals surface area contributed by atoms with Crippen molar-refractivity contribution in [3.8, 4) is 5.75 Å². The maximum Gasteiger partial charge on any atom is 0.347 e. The number of carboxylic acid groups (broad SMARTS) is 1. The van der Waals surface area contributed by atoms with E-state index in [0.29, 0.717) is 5.75 Å². The highest BCUT2D eigenvalue weighted by molar-refractivity contribution is 7.89. The number of benzene rings is 1. The smallest absolute Gasteiger partial charge is 0.347 e. The maximum absolute atomic E-state index is 12.0. The number of ether oxygens (including phenoxy) is 1. The summed E-state index contributed by atoms with van der Waals surface area (Å²) in [5.41, 5.74) is 0. The summed E-state index contributed by atoms with van der Waals surface area (Å²) in [5.74, 6) is -0.621. The van der Waals surface area contributed by atoms with Gasteiger partial charge >= 0.3 is 5.97 Å². The van der Waals surface area contributed by atoms with Crippen LogP contribution in [0.1, 0.15) is 9.67 Å². The Kier molecular flexibility index (Phi) is 4.94. The van der Waals surface area contributed by atoms with E-state index in [2.05, 4.69) is 4.72 Å². The lowest BCUT2D eigenvalue weighted by Gasteiger charge is -2.08. The van der Waals surface area contributed by atoms with E-state index in [1.165, 1.54) is 11.4 Å². The van der Waals surface area contributed by atoms with E-state index in [4.69, 9.17) is 9.84 Å². The van der Waals surface area contributed by atoms with Crippen LogP contribution in [0.15, 0.2) is 46.7 Å². The van der Waals surface area contributed by atoms with Crippen LogP contribution in [0.25, 0.3) is 0 Å². The lowest BCUT2D eigenvalue weighted by atomic mass is 10.3. The Morgan fingerprint density at radius 1 is 1.24 bits per heavy atom. The number of carbonyl (C=O) groups is 1. The van der Waals surface area contributed by atoms with Crippen molar-refractivity contribution in [2.45, 2.75) is 4.90 Å². The van der Waals surface area contributed by atoms with E-state index in [1.54, 1.807) is 12.1 Å². The molecule has 21 heavy (non-hydrogen) atoms. The Balaban J connectivity index is 1.93. The summed E-state index contributed by atoms with van der Waals surface area (Å²) in [4.78, 5) is 10.5. The van der Waals surface area contributed by atoms with Gasteiger partial charge in [-0.1, -0.05) is 18.2 Å². The highest BCUT2D eigenvalue weighted by atomic mass is 32.2. The van der Waals surface area contributed by atoms with Gasteiger partial charge < -0.3 is 9.84 Å². The number of carboxylic acids is 1. The first-order chi connectivity index (χ1) is 10.0. The first kappa shape index (κ1) is 15.5. The van der Waals surface area contributed by atoms with E-state index in [-0.39, 0.29) is 22.9 Å². The minimum Gasteiger partial charge on any atom is -0.492 e. The summed E-state index contributed by atoms with van der Waals surface area (Å²) < 4.78 is 31.7. The van der Waals surface area contributed by atoms with Gasteiger partial charge in [0.05, 0.1) is 0 Å². The third-order valence-corrected chi connectivity index (χ3v) is 5.05. The second-order valence-electron chi connectivity index (χ2n) is 3.98. The fourth-order valence-corrected chi connectivity index (χ4v) is 3.88. The van der Waals surface area contributed by atoms with E-state index in [0.717, 1.165) is 11.3 Å². The maximum atomic E-state index is 12.0. The highest BCUT2D eigenvalue weighted by Gasteiger charge is 2.23. The molecule has 2 N–H and O–H groups in total. The molecular weight excluding hydrogens is 314 g/mol. The van der Waals surface area contributed by atoms with Gasteiger partial charge in [0.15, 0.2) is 0 Å². The minimum absolute atomic E-state index is 0.0478. The van der Waals surface area contributed by atoms with Crippen molar-refractivity contribution in [2.75, 3.05) is 13.2 Å². The summed E-state index contributed by atoms with van der Waals surface area (Å²) in [5, 5.41) is 10.4. The predicted octanol–water partition coefficient (Wildman–Crippen LogP) is 1.80. The van der Waals surface area contributed by atoms with Crippen LogP contribution in [0.2, 0.25) is 0 Å². The number of para-hydroxylation sites is 1. The fraction of sp³-hybridized carbons (Fsp3) is 0.154. The van der Waals surface area contributed by atoms with Crippen LogP contribution in [0.3, 0.4) is 0 Å². The van der Waals surface area contributed by atoms with Crippen molar-refractivity contribution in [1.29, 1.82) is 0 Å². The van der Waals surface area contributed by atoms with Crippen molar-refractivity contribution in [1.82, 2.24) is 4.72 Å². The first-order valence-electron chi connectivity index (χ1n) is 5.99. The molecule has 0 aliphatic rings. The third-order valence-electron chi connectivity index (χ3n) is 2.52. The monoisotopic (exact) mass is 327 g/mol. The number of hydrogen-bond donors (Lipinski definition) is 2. The molecule has 0 unspecified atom stereocenters. The second kappa shape index (κ2) is 6.70. The fourth-order valence-electron chi connectivity index (χ4n) is 1.60. The van der Waals surface area contributed by atoms with Gasteiger partial charge in [0, 0.05) is 6.54 Å². The van der Waals surface area contributed by atoms with Gasteiger partial charge in [-0.3, -0.25) is 0 Å². The number of sulfonamides is 1. The van der Waals surface area contributed by atoms with Gasteiger partial charge in [0.25, 0.3) is 0 Å². The van der Waals surface area contributed by atoms with Crippen LogP contribution < -0.4 is 9.46 Å². The zero-order valence-electron chi connectivity index (χ0n) is 10.9. The predicted molar refractivity (Wildman–Crippen MR) is 78.4 cm³/mol.